The molecular formula is C16H21FN2O. The average molecular weight is 276 g/mol. The second-order valence-corrected chi connectivity index (χ2v) is 5.11. The third kappa shape index (κ3) is 3.80. The van der Waals surface area contributed by atoms with Crippen LogP contribution in [0.25, 0.3) is 0 Å². The molecule has 1 atom stereocenters. The number of carbonyl (C=O) groups is 1. The molecule has 0 fully saturated rings. The van der Waals surface area contributed by atoms with E-state index < -0.39 is 5.41 Å². The van der Waals surface area contributed by atoms with Crippen molar-refractivity contribution < 1.29 is 9.18 Å². The molecule has 1 unspecified atom stereocenters. The lowest BCUT2D eigenvalue weighted by Crippen LogP contribution is -2.44. The molecule has 0 spiro atoms. The summed E-state index contributed by atoms with van der Waals surface area (Å²) in [5.74, 6) is -0.495. The van der Waals surface area contributed by atoms with Crippen LogP contribution in [-0.4, -0.2) is 11.9 Å². The molecule has 0 aliphatic heterocycles. The molecule has 0 aliphatic rings. The van der Waals surface area contributed by atoms with Gasteiger partial charge in [0, 0.05) is 6.04 Å². The Morgan fingerprint density at radius 3 is 2.35 bits per heavy atom. The SMILES string of the molecule is CCC(C#N)(CC)C(=O)NC(C)Cc1ccc(F)cc1. The van der Waals surface area contributed by atoms with Crippen LogP contribution >= 0.6 is 0 Å². The second kappa shape index (κ2) is 7.04. The molecule has 108 valence electrons. The Bertz CT molecular complexity index is 486. The number of nitrogens with one attached hydrogen (secondary N) is 1. The van der Waals surface area contributed by atoms with Gasteiger partial charge in [0.05, 0.1) is 6.07 Å². The van der Waals surface area contributed by atoms with E-state index in [2.05, 4.69) is 11.4 Å². The van der Waals surface area contributed by atoms with Gasteiger partial charge in [-0.05, 0) is 43.9 Å². The van der Waals surface area contributed by atoms with Gasteiger partial charge in [0.25, 0.3) is 0 Å². The van der Waals surface area contributed by atoms with Gasteiger partial charge >= 0.3 is 0 Å². The maximum Gasteiger partial charge on any atom is 0.240 e. The van der Waals surface area contributed by atoms with Gasteiger partial charge in [0.2, 0.25) is 5.91 Å². The van der Waals surface area contributed by atoms with E-state index in [4.69, 9.17) is 0 Å². The van der Waals surface area contributed by atoms with Crippen molar-refractivity contribution in [3.05, 3.63) is 35.6 Å². The average Bonchev–Trinajstić information content (AvgIpc) is 2.44. The Balaban J connectivity index is 2.66. The molecule has 0 heterocycles. The number of rotatable bonds is 6. The molecule has 3 nitrogen and oxygen atoms in total. The van der Waals surface area contributed by atoms with Crippen molar-refractivity contribution in [3.63, 3.8) is 0 Å². The smallest absolute Gasteiger partial charge is 0.240 e. The van der Waals surface area contributed by atoms with E-state index in [0.717, 1.165) is 5.56 Å². The summed E-state index contributed by atoms with van der Waals surface area (Å²) in [5.41, 5.74) is 0.00611. The summed E-state index contributed by atoms with van der Waals surface area (Å²) in [7, 11) is 0. The first-order valence-electron chi connectivity index (χ1n) is 6.94. The van der Waals surface area contributed by atoms with E-state index in [0.29, 0.717) is 19.3 Å². The highest BCUT2D eigenvalue weighted by atomic mass is 19.1. The predicted molar refractivity (Wildman–Crippen MR) is 76.3 cm³/mol. The Labute approximate surface area is 119 Å². The van der Waals surface area contributed by atoms with E-state index in [9.17, 15) is 14.4 Å². The minimum atomic E-state index is -0.947. The lowest BCUT2D eigenvalue weighted by Gasteiger charge is -2.25. The van der Waals surface area contributed by atoms with Gasteiger partial charge in [0.1, 0.15) is 11.2 Å². The Morgan fingerprint density at radius 2 is 1.90 bits per heavy atom. The summed E-state index contributed by atoms with van der Waals surface area (Å²) in [6.07, 6.45) is 1.60. The van der Waals surface area contributed by atoms with Crippen LogP contribution in [0.2, 0.25) is 0 Å². The molecule has 0 aliphatic carbocycles. The molecule has 1 aromatic carbocycles. The third-order valence-corrected chi connectivity index (χ3v) is 3.69. The van der Waals surface area contributed by atoms with Crippen molar-refractivity contribution in [2.45, 2.75) is 46.1 Å². The maximum atomic E-state index is 12.8. The fraction of sp³-hybridized carbons (Fsp3) is 0.500. The number of amides is 1. The van der Waals surface area contributed by atoms with Crippen molar-refractivity contribution in [1.29, 1.82) is 5.26 Å². The highest BCUT2D eigenvalue weighted by Crippen LogP contribution is 2.25. The lowest BCUT2D eigenvalue weighted by atomic mass is 9.83. The number of nitriles is 1. The van der Waals surface area contributed by atoms with Crippen LogP contribution in [0, 0.1) is 22.6 Å². The zero-order chi connectivity index (χ0) is 15.2. The zero-order valence-corrected chi connectivity index (χ0v) is 12.2. The number of halogens is 1. The van der Waals surface area contributed by atoms with Gasteiger partial charge in [-0.15, -0.1) is 0 Å². The van der Waals surface area contributed by atoms with E-state index in [1.807, 2.05) is 20.8 Å². The maximum absolute atomic E-state index is 12.8. The molecule has 20 heavy (non-hydrogen) atoms. The number of carbonyl (C=O) groups excluding carboxylic acids is 1. The summed E-state index contributed by atoms with van der Waals surface area (Å²) in [5, 5.41) is 12.1. The molecule has 0 aromatic heterocycles. The van der Waals surface area contributed by atoms with Crippen LogP contribution < -0.4 is 5.32 Å². The molecular weight excluding hydrogens is 255 g/mol. The van der Waals surface area contributed by atoms with Crippen LogP contribution in [0.15, 0.2) is 24.3 Å². The minimum absolute atomic E-state index is 0.0983. The number of nitrogens with zero attached hydrogens (tertiary/aromatic N) is 1. The Kier molecular flexibility index (Phi) is 5.69. The fourth-order valence-corrected chi connectivity index (χ4v) is 2.17. The largest absolute Gasteiger partial charge is 0.352 e. The van der Waals surface area contributed by atoms with Gasteiger partial charge in [-0.2, -0.15) is 5.26 Å². The number of hydrogen-bond donors (Lipinski definition) is 1. The second-order valence-electron chi connectivity index (χ2n) is 5.11. The van der Waals surface area contributed by atoms with Gasteiger partial charge in [0.15, 0.2) is 0 Å². The first-order chi connectivity index (χ1) is 9.47. The third-order valence-electron chi connectivity index (χ3n) is 3.69. The minimum Gasteiger partial charge on any atom is -0.352 e. The van der Waals surface area contributed by atoms with Crippen LogP contribution in [-0.2, 0) is 11.2 Å². The standard InChI is InChI=1S/C16H21FN2O/c1-4-16(5-2,11-18)15(20)19-12(3)10-13-6-8-14(17)9-7-13/h6-9,12H,4-5,10H2,1-3H3,(H,19,20). The molecule has 1 N–H and O–H groups in total. The van der Waals surface area contributed by atoms with Crippen molar-refractivity contribution >= 4 is 5.91 Å². The Hall–Kier alpha value is -1.89. The topological polar surface area (TPSA) is 52.9 Å². The van der Waals surface area contributed by atoms with Crippen molar-refractivity contribution in [1.82, 2.24) is 5.32 Å². The first kappa shape index (κ1) is 16.2. The molecule has 0 saturated heterocycles. The molecule has 0 saturated carbocycles. The zero-order valence-electron chi connectivity index (χ0n) is 12.2. The van der Waals surface area contributed by atoms with Gasteiger partial charge < -0.3 is 5.32 Å². The monoisotopic (exact) mass is 276 g/mol. The normalized spacial score (nSPS) is 12.6. The van der Waals surface area contributed by atoms with E-state index in [1.54, 1.807) is 12.1 Å². The molecule has 0 radical (unpaired) electrons. The molecule has 4 heteroatoms. The van der Waals surface area contributed by atoms with E-state index >= 15 is 0 Å². The van der Waals surface area contributed by atoms with E-state index in [-0.39, 0.29) is 17.8 Å². The quantitative estimate of drug-likeness (QED) is 0.867. The summed E-state index contributed by atoms with van der Waals surface area (Å²) in [6, 6.07) is 8.25. The fourth-order valence-electron chi connectivity index (χ4n) is 2.17. The molecule has 1 amide bonds. The van der Waals surface area contributed by atoms with Gasteiger partial charge in [-0.1, -0.05) is 26.0 Å². The first-order valence-corrected chi connectivity index (χ1v) is 6.94. The van der Waals surface area contributed by atoms with Gasteiger partial charge in [-0.25, -0.2) is 4.39 Å². The van der Waals surface area contributed by atoms with Crippen molar-refractivity contribution in [3.8, 4) is 6.07 Å². The summed E-state index contributed by atoms with van der Waals surface area (Å²) in [4.78, 5) is 12.2. The lowest BCUT2D eigenvalue weighted by molar-refractivity contribution is -0.129. The van der Waals surface area contributed by atoms with Crippen molar-refractivity contribution in [2.75, 3.05) is 0 Å². The van der Waals surface area contributed by atoms with E-state index in [1.165, 1.54) is 12.1 Å². The Morgan fingerprint density at radius 1 is 1.35 bits per heavy atom. The molecule has 1 rings (SSSR count). The molecule has 1 aromatic rings. The van der Waals surface area contributed by atoms with Crippen LogP contribution in [0.5, 0.6) is 0 Å². The highest BCUT2D eigenvalue weighted by molar-refractivity contribution is 5.85. The number of hydrogen-bond acceptors (Lipinski definition) is 2. The summed E-state index contributed by atoms with van der Waals surface area (Å²) in [6.45, 7) is 5.57. The van der Waals surface area contributed by atoms with Crippen LogP contribution in [0.4, 0.5) is 4.39 Å². The van der Waals surface area contributed by atoms with Crippen LogP contribution in [0.1, 0.15) is 39.2 Å². The van der Waals surface area contributed by atoms with Crippen molar-refractivity contribution in [2.24, 2.45) is 5.41 Å². The van der Waals surface area contributed by atoms with Crippen LogP contribution in [0.3, 0.4) is 0 Å². The summed E-state index contributed by atoms with van der Waals surface area (Å²) < 4.78 is 12.8. The highest BCUT2D eigenvalue weighted by Gasteiger charge is 2.35. The predicted octanol–water partition coefficient (Wildman–Crippen LogP) is 3.20. The molecule has 0 bridgehead atoms. The summed E-state index contributed by atoms with van der Waals surface area (Å²) >= 11 is 0. The number of benzene rings is 1. The van der Waals surface area contributed by atoms with Gasteiger partial charge in [-0.3, -0.25) is 4.79 Å².